The number of aromatic nitrogens is 2. The molecule has 1 aromatic heterocycles. The van der Waals surface area contributed by atoms with E-state index < -0.39 is 0 Å². The standard InChI is InChI=1S/C7H10N2OS/c1-10-5-3-6-8-4-2-7(11)9-6/h2,4H,3,5H2,1H3,(H,8,9,11). The molecule has 1 aromatic rings. The third-order valence-corrected chi connectivity index (χ3v) is 1.50. The minimum atomic E-state index is 0.669. The zero-order valence-corrected chi connectivity index (χ0v) is 7.15. The minimum Gasteiger partial charge on any atom is -0.384 e. The summed E-state index contributed by atoms with van der Waals surface area (Å²) in [5, 5.41) is 0. The third-order valence-electron chi connectivity index (χ3n) is 1.27. The predicted molar refractivity (Wildman–Crippen MR) is 45.0 cm³/mol. The highest BCUT2D eigenvalue weighted by molar-refractivity contribution is 7.71. The van der Waals surface area contributed by atoms with E-state index in [0.717, 1.165) is 12.2 Å². The first-order chi connectivity index (χ1) is 5.33. The molecule has 0 aliphatic rings. The lowest BCUT2D eigenvalue weighted by Crippen LogP contribution is -1.99. The molecule has 0 radical (unpaired) electrons. The van der Waals surface area contributed by atoms with Crippen LogP contribution in [0.2, 0.25) is 0 Å². The van der Waals surface area contributed by atoms with Crippen molar-refractivity contribution in [3.8, 4) is 0 Å². The molecule has 0 unspecified atom stereocenters. The zero-order valence-electron chi connectivity index (χ0n) is 6.33. The van der Waals surface area contributed by atoms with E-state index in [0.29, 0.717) is 11.2 Å². The molecular formula is C7H10N2OS. The van der Waals surface area contributed by atoms with Gasteiger partial charge in [0.05, 0.1) is 6.61 Å². The van der Waals surface area contributed by atoms with E-state index in [2.05, 4.69) is 9.97 Å². The van der Waals surface area contributed by atoms with Crippen LogP contribution in [0.3, 0.4) is 0 Å². The maximum atomic E-state index is 4.91. The number of ether oxygens (including phenoxy) is 1. The average molecular weight is 170 g/mol. The molecule has 0 atom stereocenters. The van der Waals surface area contributed by atoms with Gasteiger partial charge in [0.25, 0.3) is 0 Å². The summed E-state index contributed by atoms with van der Waals surface area (Å²) in [7, 11) is 1.66. The smallest absolute Gasteiger partial charge is 0.109 e. The van der Waals surface area contributed by atoms with Gasteiger partial charge in [-0.2, -0.15) is 0 Å². The van der Waals surface area contributed by atoms with Gasteiger partial charge in [-0.25, -0.2) is 4.98 Å². The molecular weight excluding hydrogens is 160 g/mol. The molecule has 0 spiro atoms. The van der Waals surface area contributed by atoms with Crippen LogP contribution >= 0.6 is 12.2 Å². The first kappa shape index (κ1) is 8.36. The van der Waals surface area contributed by atoms with Crippen LogP contribution < -0.4 is 0 Å². The summed E-state index contributed by atoms with van der Waals surface area (Å²) in [4.78, 5) is 7.04. The van der Waals surface area contributed by atoms with E-state index in [4.69, 9.17) is 17.0 Å². The van der Waals surface area contributed by atoms with Crippen LogP contribution in [-0.4, -0.2) is 23.7 Å². The maximum Gasteiger partial charge on any atom is 0.109 e. The molecule has 0 aromatic carbocycles. The highest BCUT2D eigenvalue weighted by atomic mass is 32.1. The van der Waals surface area contributed by atoms with Gasteiger partial charge in [-0.3, -0.25) is 0 Å². The van der Waals surface area contributed by atoms with Crippen LogP contribution in [-0.2, 0) is 11.2 Å². The van der Waals surface area contributed by atoms with Crippen molar-refractivity contribution in [1.29, 1.82) is 0 Å². The second-order valence-corrected chi connectivity index (χ2v) is 2.56. The largest absolute Gasteiger partial charge is 0.384 e. The molecule has 0 bridgehead atoms. The van der Waals surface area contributed by atoms with E-state index in [-0.39, 0.29) is 0 Å². The Balaban J connectivity index is 2.64. The van der Waals surface area contributed by atoms with Gasteiger partial charge < -0.3 is 9.72 Å². The van der Waals surface area contributed by atoms with Crippen LogP contribution in [0.4, 0.5) is 0 Å². The van der Waals surface area contributed by atoms with Gasteiger partial charge in [-0.1, -0.05) is 12.2 Å². The molecule has 60 valence electrons. The molecule has 0 amide bonds. The average Bonchev–Trinajstić information content (AvgIpc) is 2.01. The Morgan fingerprint density at radius 2 is 2.55 bits per heavy atom. The molecule has 1 N–H and O–H groups in total. The Hall–Kier alpha value is -0.740. The second-order valence-electron chi connectivity index (χ2n) is 2.12. The quantitative estimate of drug-likeness (QED) is 0.695. The number of nitrogens with zero attached hydrogens (tertiary/aromatic N) is 1. The number of rotatable bonds is 3. The number of aromatic amines is 1. The molecule has 0 aliphatic carbocycles. The van der Waals surface area contributed by atoms with Crippen LogP contribution in [0, 0.1) is 4.64 Å². The van der Waals surface area contributed by atoms with Gasteiger partial charge >= 0.3 is 0 Å². The summed E-state index contributed by atoms with van der Waals surface area (Å²) in [6.07, 6.45) is 2.48. The fraction of sp³-hybridized carbons (Fsp3) is 0.429. The lowest BCUT2D eigenvalue weighted by molar-refractivity contribution is 0.200. The summed E-state index contributed by atoms with van der Waals surface area (Å²) in [5.41, 5.74) is 0. The van der Waals surface area contributed by atoms with E-state index in [1.165, 1.54) is 0 Å². The van der Waals surface area contributed by atoms with Crippen LogP contribution in [0.25, 0.3) is 0 Å². The first-order valence-electron chi connectivity index (χ1n) is 3.36. The van der Waals surface area contributed by atoms with Crippen molar-refractivity contribution in [2.45, 2.75) is 6.42 Å². The normalized spacial score (nSPS) is 9.91. The van der Waals surface area contributed by atoms with Gasteiger partial charge in [0.1, 0.15) is 10.5 Å². The molecule has 11 heavy (non-hydrogen) atoms. The summed E-state index contributed by atoms with van der Waals surface area (Å²) in [6.45, 7) is 0.669. The fourth-order valence-corrected chi connectivity index (χ4v) is 0.916. The van der Waals surface area contributed by atoms with Crippen LogP contribution in [0.1, 0.15) is 5.82 Å². The maximum absolute atomic E-state index is 4.91. The SMILES string of the molecule is COCCc1nccc(=S)[nH]1. The number of nitrogens with one attached hydrogen (secondary N) is 1. The Bertz CT molecular complexity index is 271. The summed E-state index contributed by atoms with van der Waals surface area (Å²) < 4.78 is 5.61. The minimum absolute atomic E-state index is 0.669. The van der Waals surface area contributed by atoms with Crippen molar-refractivity contribution in [1.82, 2.24) is 9.97 Å². The third kappa shape index (κ3) is 2.78. The Kier molecular flexibility index (Phi) is 3.19. The van der Waals surface area contributed by atoms with Gasteiger partial charge in [0, 0.05) is 19.7 Å². The van der Waals surface area contributed by atoms with Gasteiger partial charge in [-0.05, 0) is 6.07 Å². The van der Waals surface area contributed by atoms with Crippen molar-refractivity contribution in [3.05, 3.63) is 22.7 Å². The number of methoxy groups -OCH3 is 1. The van der Waals surface area contributed by atoms with E-state index in [1.807, 2.05) is 0 Å². The fourth-order valence-electron chi connectivity index (χ4n) is 0.737. The lowest BCUT2D eigenvalue weighted by atomic mass is 10.4. The number of hydrogen-bond donors (Lipinski definition) is 1. The lowest BCUT2D eigenvalue weighted by Gasteiger charge is -1.97. The Morgan fingerprint density at radius 3 is 3.18 bits per heavy atom. The van der Waals surface area contributed by atoms with Gasteiger partial charge in [0.15, 0.2) is 0 Å². The molecule has 1 rings (SSSR count). The summed E-state index contributed by atoms with van der Waals surface area (Å²) >= 11 is 4.91. The molecule has 0 fully saturated rings. The molecule has 0 saturated carbocycles. The molecule has 1 heterocycles. The Labute approximate surface area is 70.4 Å². The van der Waals surface area contributed by atoms with Crippen molar-refractivity contribution in [2.24, 2.45) is 0 Å². The molecule has 4 heteroatoms. The van der Waals surface area contributed by atoms with Crippen LogP contribution in [0.5, 0.6) is 0 Å². The van der Waals surface area contributed by atoms with Crippen molar-refractivity contribution < 1.29 is 4.74 Å². The molecule has 0 saturated heterocycles. The summed E-state index contributed by atoms with van der Waals surface area (Å²) in [5.74, 6) is 0.874. The molecule has 3 nitrogen and oxygen atoms in total. The highest BCUT2D eigenvalue weighted by Crippen LogP contribution is 1.91. The van der Waals surface area contributed by atoms with Crippen molar-refractivity contribution >= 4 is 12.2 Å². The van der Waals surface area contributed by atoms with Crippen molar-refractivity contribution in [2.75, 3.05) is 13.7 Å². The van der Waals surface area contributed by atoms with Crippen LogP contribution in [0.15, 0.2) is 12.3 Å². The topological polar surface area (TPSA) is 37.9 Å². The zero-order chi connectivity index (χ0) is 8.10. The van der Waals surface area contributed by atoms with Gasteiger partial charge in [0.2, 0.25) is 0 Å². The molecule has 0 aliphatic heterocycles. The van der Waals surface area contributed by atoms with Crippen molar-refractivity contribution in [3.63, 3.8) is 0 Å². The second kappa shape index (κ2) is 4.20. The Morgan fingerprint density at radius 1 is 1.73 bits per heavy atom. The monoisotopic (exact) mass is 170 g/mol. The number of hydrogen-bond acceptors (Lipinski definition) is 3. The van der Waals surface area contributed by atoms with E-state index in [9.17, 15) is 0 Å². The van der Waals surface area contributed by atoms with Gasteiger partial charge in [-0.15, -0.1) is 0 Å². The number of H-pyrrole nitrogens is 1. The summed E-state index contributed by atoms with van der Waals surface area (Å²) in [6, 6.07) is 1.76. The van der Waals surface area contributed by atoms with E-state index in [1.54, 1.807) is 19.4 Å². The highest BCUT2D eigenvalue weighted by Gasteiger charge is 1.91. The van der Waals surface area contributed by atoms with E-state index >= 15 is 0 Å². The first-order valence-corrected chi connectivity index (χ1v) is 3.77. The predicted octanol–water partition coefficient (Wildman–Crippen LogP) is 1.33.